The van der Waals surface area contributed by atoms with E-state index in [-0.39, 0.29) is 13.2 Å². The number of rotatable bonds is 10. The van der Waals surface area contributed by atoms with Crippen LogP contribution in [0.5, 0.6) is 0 Å². The molecule has 1 saturated heterocycles. The molecule has 0 bridgehead atoms. The topological polar surface area (TPSA) is 92.3 Å². The predicted octanol–water partition coefficient (Wildman–Crippen LogP) is -0.682. The van der Waals surface area contributed by atoms with Crippen LogP contribution in [0.4, 0.5) is 4.79 Å². The van der Waals surface area contributed by atoms with Crippen molar-refractivity contribution in [1.82, 2.24) is 5.32 Å². The van der Waals surface area contributed by atoms with Gasteiger partial charge in [-0.3, -0.25) is 0 Å². The van der Waals surface area contributed by atoms with E-state index in [9.17, 15) is 9.59 Å². The number of alkyl carbamates (subject to hydrolysis) is 1. The van der Waals surface area contributed by atoms with Gasteiger partial charge in [0, 0.05) is 7.11 Å². The molecule has 1 fully saturated rings. The van der Waals surface area contributed by atoms with E-state index in [2.05, 4.69) is 5.32 Å². The van der Waals surface area contributed by atoms with Crippen LogP contribution in [0, 0.1) is 0 Å². The van der Waals surface area contributed by atoms with Gasteiger partial charge in [0.1, 0.15) is 13.2 Å². The van der Waals surface area contributed by atoms with Crippen LogP contribution < -0.4 is 5.32 Å². The van der Waals surface area contributed by atoms with Crippen molar-refractivity contribution in [2.24, 2.45) is 0 Å². The smallest absolute Gasteiger partial charge is 0.407 e. The van der Waals surface area contributed by atoms with Gasteiger partial charge in [-0.25, -0.2) is 9.59 Å². The lowest BCUT2D eigenvalue weighted by molar-refractivity contribution is -0.151. The van der Waals surface area contributed by atoms with E-state index in [0.717, 1.165) is 0 Å². The molecule has 1 N–H and O–H groups in total. The van der Waals surface area contributed by atoms with Crippen LogP contribution >= 0.6 is 0 Å². The Hall–Kier alpha value is -1.38. The average Bonchev–Trinajstić information content (AvgIpc) is 2.81. The Bertz CT molecular complexity index is 284. The van der Waals surface area contributed by atoms with Crippen molar-refractivity contribution in [3.05, 3.63) is 0 Å². The lowest BCUT2D eigenvalue weighted by Gasteiger charge is -2.09. The molecule has 1 heterocycles. The maximum Gasteiger partial charge on any atom is 0.407 e. The maximum absolute atomic E-state index is 11.2. The third-order valence-corrected chi connectivity index (χ3v) is 2.20. The quantitative estimate of drug-likeness (QED) is 0.417. The highest BCUT2D eigenvalue weighted by molar-refractivity contribution is 5.71. The summed E-state index contributed by atoms with van der Waals surface area (Å²) in [7, 11) is 1.59. The molecule has 0 aromatic heterocycles. The van der Waals surface area contributed by atoms with E-state index < -0.39 is 18.2 Å². The van der Waals surface area contributed by atoms with Crippen molar-refractivity contribution in [3.63, 3.8) is 0 Å². The largest absolute Gasteiger partial charge is 0.460 e. The summed E-state index contributed by atoms with van der Waals surface area (Å²) >= 11 is 0. The third kappa shape index (κ3) is 7.60. The van der Waals surface area contributed by atoms with Gasteiger partial charge in [-0.1, -0.05) is 0 Å². The van der Waals surface area contributed by atoms with Gasteiger partial charge in [0.2, 0.25) is 0 Å². The van der Waals surface area contributed by atoms with E-state index in [1.807, 2.05) is 0 Å². The number of nitrogens with one attached hydrogen (secondary N) is 1. The Morgan fingerprint density at radius 2 is 2.05 bits per heavy atom. The zero-order chi connectivity index (χ0) is 13.9. The Balaban J connectivity index is 1.89. The Morgan fingerprint density at radius 3 is 2.74 bits per heavy atom. The lowest BCUT2D eigenvalue weighted by atomic mass is 10.4. The van der Waals surface area contributed by atoms with E-state index in [1.165, 1.54) is 0 Å². The Labute approximate surface area is 111 Å². The van der Waals surface area contributed by atoms with Gasteiger partial charge in [0.25, 0.3) is 0 Å². The van der Waals surface area contributed by atoms with Crippen LogP contribution in [-0.4, -0.2) is 71.5 Å². The standard InChI is InChI=1S/C11H19NO7/c1-15-2-3-16-4-5-17-8-10(13)18-7-9-6-12-11(14)19-9/h9H,2-8H2,1H3,(H,12,14)/t9-/m0/s1. The second-order valence-electron chi connectivity index (χ2n) is 3.75. The molecule has 1 atom stereocenters. The van der Waals surface area contributed by atoms with Crippen molar-refractivity contribution in [2.45, 2.75) is 6.10 Å². The van der Waals surface area contributed by atoms with E-state index in [0.29, 0.717) is 33.0 Å². The number of amides is 1. The van der Waals surface area contributed by atoms with Crippen LogP contribution in [0.3, 0.4) is 0 Å². The molecule has 0 radical (unpaired) electrons. The minimum absolute atomic E-state index is 0.0330. The number of cyclic esters (lactones) is 1. The highest BCUT2D eigenvalue weighted by Gasteiger charge is 2.23. The van der Waals surface area contributed by atoms with Crippen LogP contribution in [-0.2, 0) is 28.5 Å². The first kappa shape index (κ1) is 15.7. The molecule has 19 heavy (non-hydrogen) atoms. The lowest BCUT2D eigenvalue weighted by Crippen LogP contribution is -2.24. The molecule has 110 valence electrons. The molecular formula is C11H19NO7. The molecule has 8 heteroatoms. The monoisotopic (exact) mass is 277 g/mol. The molecule has 1 rings (SSSR count). The maximum atomic E-state index is 11.2. The number of hydrogen-bond donors (Lipinski definition) is 1. The zero-order valence-electron chi connectivity index (χ0n) is 10.9. The van der Waals surface area contributed by atoms with Gasteiger partial charge < -0.3 is 29.0 Å². The zero-order valence-corrected chi connectivity index (χ0v) is 10.9. The van der Waals surface area contributed by atoms with Crippen molar-refractivity contribution in [2.75, 3.05) is 53.3 Å². The highest BCUT2D eigenvalue weighted by atomic mass is 16.6. The Morgan fingerprint density at radius 1 is 1.32 bits per heavy atom. The van der Waals surface area contributed by atoms with Crippen LogP contribution in [0.2, 0.25) is 0 Å². The number of carbonyl (C=O) groups is 2. The van der Waals surface area contributed by atoms with Crippen molar-refractivity contribution >= 4 is 12.1 Å². The van der Waals surface area contributed by atoms with E-state index in [4.69, 9.17) is 23.7 Å². The number of hydrogen-bond acceptors (Lipinski definition) is 7. The first-order chi connectivity index (χ1) is 9.22. The van der Waals surface area contributed by atoms with Crippen LogP contribution in [0.15, 0.2) is 0 Å². The van der Waals surface area contributed by atoms with E-state index >= 15 is 0 Å². The van der Waals surface area contributed by atoms with Crippen LogP contribution in [0.1, 0.15) is 0 Å². The second-order valence-corrected chi connectivity index (χ2v) is 3.75. The molecule has 0 unspecified atom stereocenters. The summed E-state index contributed by atoms with van der Waals surface area (Å²) in [6.45, 7) is 1.94. The average molecular weight is 277 g/mol. The Kier molecular flexibility index (Phi) is 7.87. The summed E-state index contributed by atoms with van der Waals surface area (Å²) in [6.07, 6.45) is -0.917. The molecule has 1 amide bonds. The third-order valence-electron chi connectivity index (χ3n) is 2.20. The summed E-state index contributed by atoms with van der Waals surface area (Å²) < 4.78 is 24.7. The molecule has 0 aliphatic carbocycles. The molecule has 0 aromatic rings. The molecule has 0 saturated carbocycles. The molecule has 0 spiro atoms. The minimum atomic E-state index is -0.500. The molecule has 1 aliphatic heterocycles. The second kappa shape index (κ2) is 9.54. The van der Waals surface area contributed by atoms with E-state index in [1.54, 1.807) is 7.11 Å². The number of methoxy groups -OCH3 is 1. The number of esters is 1. The van der Waals surface area contributed by atoms with Crippen molar-refractivity contribution < 1.29 is 33.3 Å². The van der Waals surface area contributed by atoms with Gasteiger partial charge in [-0.05, 0) is 0 Å². The molecule has 8 nitrogen and oxygen atoms in total. The predicted molar refractivity (Wildman–Crippen MR) is 62.7 cm³/mol. The van der Waals surface area contributed by atoms with Crippen molar-refractivity contribution in [3.8, 4) is 0 Å². The first-order valence-corrected chi connectivity index (χ1v) is 5.97. The normalized spacial score (nSPS) is 17.9. The summed E-state index contributed by atoms with van der Waals surface area (Å²) in [5, 5.41) is 2.46. The highest BCUT2D eigenvalue weighted by Crippen LogP contribution is 2.00. The fourth-order valence-electron chi connectivity index (χ4n) is 1.27. The SMILES string of the molecule is COCCOCCOCC(=O)OC[C@@H]1CNC(=O)O1. The fraction of sp³-hybridized carbons (Fsp3) is 0.818. The van der Waals surface area contributed by atoms with Gasteiger partial charge >= 0.3 is 12.1 Å². The van der Waals surface area contributed by atoms with Gasteiger partial charge in [-0.15, -0.1) is 0 Å². The molecule has 1 aliphatic rings. The molecular weight excluding hydrogens is 258 g/mol. The summed E-state index contributed by atoms with van der Waals surface area (Å²) in [4.78, 5) is 21.9. The molecule has 0 aromatic carbocycles. The summed E-state index contributed by atoms with van der Waals surface area (Å²) in [5.41, 5.74) is 0. The summed E-state index contributed by atoms with van der Waals surface area (Å²) in [5.74, 6) is -0.500. The first-order valence-electron chi connectivity index (χ1n) is 5.97. The van der Waals surface area contributed by atoms with Crippen molar-refractivity contribution in [1.29, 1.82) is 0 Å². The van der Waals surface area contributed by atoms with Crippen LogP contribution in [0.25, 0.3) is 0 Å². The minimum Gasteiger partial charge on any atom is -0.460 e. The summed E-state index contributed by atoms with van der Waals surface area (Å²) in [6, 6.07) is 0. The van der Waals surface area contributed by atoms with Gasteiger partial charge in [0.15, 0.2) is 6.10 Å². The number of ether oxygens (including phenoxy) is 5. The number of carbonyl (C=O) groups excluding carboxylic acids is 2. The van der Waals surface area contributed by atoms with Gasteiger partial charge in [0.05, 0.1) is 33.0 Å². The van der Waals surface area contributed by atoms with Gasteiger partial charge in [-0.2, -0.15) is 0 Å². The fourth-order valence-corrected chi connectivity index (χ4v) is 1.27.